The summed E-state index contributed by atoms with van der Waals surface area (Å²) in [7, 11) is 1.64. The Morgan fingerprint density at radius 3 is 2.47 bits per heavy atom. The molecule has 0 aliphatic heterocycles. The van der Waals surface area contributed by atoms with Gasteiger partial charge in [-0.1, -0.05) is 54.6 Å². The molecule has 1 heterocycles. The highest BCUT2D eigenvalue weighted by Gasteiger charge is 2.16. The zero-order chi connectivity index (χ0) is 20.8. The third-order valence-electron chi connectivity index (χ3n) is 4.82. The molecule has 1 N–H and O–H groups in total. The van der Waals surface area contributed by atoms with Gasteiger partial charge in [0.25, 0.3) is 5.91 Å². The topological polar surface area (TPSA) is 64.4 Å². The Kier molecular flexibility index (Phi) is 5.90. The standard InChI is InChI=1S/C25H22N2O3/c1-29-20-13-11-18(12-14-20)15-16-26-24(28)21-9-5-6-10-22(21)25-27-17-23(30-25)19-7-3-2-4-8-19/h2-14,17H,15-16H2,1H3,(H,26,28). The second-order valence-electron chi connectivity index (χ2n) is 6.80. The van der Waals surface area contributed by atoms with E-state index in [2.05, 4.69) is 10.3 Å². The number of hydrogen-bond acceptors (Lipinski definition) is 4. The van der Waals surface area contributed by atoms with E-state index in [1.165, 1.54) is 0 Å². The van der Waals surface area contributed by atoms with Crippen molar-refractivity contribution >= 4 is 5.91 Å². The highest BCUT2D eigenvalue weighted by atomic mass is 16.5. The average molecular weight is 398 g/mol. The van der Waals surface area contributed by atoms with Gasteiger partial charge in [-0.05, 0) is 36.2 Å². The smallest absolute Gasteiger partial charge is 0.252 e. The molecule has 0 fully saturated rings. The zero-order valence-corrected chi connectivity index (χ0v) is 16.7. The fourth-order valence-electron chi connectivity index (χ4n) is 3.21. The molecule has 4 aromatic rings. The van der Waals surface area contributed by atoms with Gasteiger partial charge < -0.3 is 14.5 Å². The van der Waals surface area contributed by atoms with Crippen LogP contribution < -0.4 is 10.1 Å². The van der Waals surface area contributed by atoms with E-state index >= 15 is 0 Å². The monoisotopic (exact) mass is 398 g/mol. The molecule has 0 aliphatic carbocycles. The lowest BCUT2D eigenvalue weighted by molar-refractivity contribution is 0.0954. The number of nitrogens with one attached hydrogen (secondary N) is 1. The van der Waals surface area contributed by atoms with Gasteiger partial charge in [-0.25, -0.2) is 4.98 Å². The molecule has 0 radical (unpaired) electrons. The van der Waals surface area contributed by atoms with Gasteiger partial charge in [-0.2, -0.15) is 0 Å². The minimum Gasteiger partial charge on any atom is -0.497 e. The molecule has 30 heavy (non-hydrogen) atoms. The molecule has 1 amide bonds. The Morgan fingerprint density at radius 1 is 0.967 bits per heavy atom. The molecular formula is C25H22N2O3. The number of oxazole rings is 1. The molecule has 0 unspecified atom stereocenters. The summed E-state index contributed by atoms with van der Waals surface area (Å²) in [5, 5.41) is 2.99. The fourth-order valence-corrected chi connectivity index (χ4v) is 3.21. The van der Waals surface area contributed by atoms with Crippen LogP contribution in [0.2, 0.25) is 0 Å². The van der Waals surface area contributed by atoms with E-state index in [0.717, 1.165) is 23.3 Å². The Morgan fingerprint density at radius 2 is 1.70 bits per heavy atom. The maximum Gasteiger partial charge on any atom is 0.252 e. The lowest BCUT2D eigenvalue weighted by atomic mass is 10.1. The van der Waals surface area contributed by atoms with Crippen LogP contribution in [0.25, 0.3) is 22.8 Å². The number of carbonyl (C=O) groups excluding carboxylic acids is 1. The second kappa shape index (κ2) is 9.09. The molecule has 4 rings (SSSR count). The summed E-state index contributed by atoms with van der Waals surface area (Å²) in [4.78, 5) is 17.2. The minimum atomic E-state index is -0.154. The predicted octanol–water partition coefficient (Wildman–Crippen LogP) is 4.99. The van der Waals surface area contributed by atoms with E-state index < -0.39 is 0 Å². The number of aromatic nitrogens is 1. The highest BCUT2D eigenvalue weighted by Crippen LogP contribution is 2.28. The first kappa shape index (κ1) is 19.5. The molecule has 0 bridgehead atoms. The van der Waals surface area contributed by atoms with Crippen LogP contribution >= 0.6 is 0 Å². The molecule has 3 aromatic carbocycles. The van der Waals surface area contributed by atoms with Gasteiger partial charge in [-0.15, -0.1) is 0 Å². The Balaban J connectivity index is 1.46. The minimum absolute atomic E-state index is 0.154. The van der Waals surface area contributed by atoms with Crippen LogP contribution in [0.5, 0.6) is 5.75 Å². The number of methoxy groups -OCH3 is 1. The van der Waals surface area contributed by atoms with Crippen molar-refractivity contribution in [1.82, 2.24) is 10.3 Å². The van der Waals surface area contributed by atoms with Crippen molar-refractivity contribution in [3.8, 4) is 28.5 Å². The molecule has 0 spiro atoms. The van der Waals surface area contributed by atoms with E-state index in [9.17, 15) is 4.79 Å². The lowest BCUT2D eigenvalue weighted by Gasteiger charge is -2.09. The number of rotatable bonds is 7. The number of hydrogen-bond donors (Lipinski definition) is 1. The molecule has 150 valence electrons. The quantitative estimate of drug-likeness (QED) is 0.476. The van der Waals surface area contributed by atoms with Crippen molar-refractivity contribution in [2.75, 3.05) is 13.7 Å². The van der Waals surface area contributed by atoms with Gasteiger partial charge in [0.15, 0.2) is 5.76 Å². The number of benzene rings is 3. The largest absolute Gasteiger partial charge is 0.497 e. The summed E-state index contributed by atoms with van der Waals surface area (Å²) in [6.07, 6.45) is 2.41. The van der Waals surface area contributed by atoms with Gasteiger partial charge in [-0.3, -0.25) is 4.79 Å². The summed E-state index contributed by atoms with van der Waals surface area (Å²) in [5.41, 5.74) is 3.28. The van der Waals surface area contributed by atoms with Gasteiger partial charge >= 0.3 is 0 Å². The van der Waals surface area contributed by atoms with E-state index in [0.29, 0.717) is 29.3 Å². The summed E-state index contributed by atoms with van der Waals surface area (Å²) in [6, 6.07) is 24.9. The second-order valence-corrected chi connectivity index (χ2v) is 6.80. The third kappa shape index (κ3) is 4.41. The number of amides is 1. The van der Waals surface area contributed by atoms with E-state index in [-0.39, 0.29) is 5.91 Å². The fraction of sp³-hybridized carbons (Fsp3) is 0.120. The van der Waals surface area contributed by atoms with Crippen molar-refractivity contribution in [3.05, 3.63) is 96.2 Å². The lowest BCUT2D eigenvalue weighted by Crippen LogP contribution is -2.26. The predicted molar refractivity (Wildman–Crippen MR) is 116 cm³/mol. The molecule has 0 saturated carbocycles. The zero-order valence-electron chi connectivity index (χ0n) is 16.7. The van der Waals surface area contributed by atoms with Crippen molar-refractivity contribution in [2.24, 2.45) is 0 Å². The molecule has 1 aromatic heterocycles. The maximum absolute atomic E-state index is 12.8. The SMILES string of the molecule is COc1ccc(CCNC(=O)c2ccccc2-c2ncc(-c3ccccc3)o2)cc1. The normalized spacial score (nSPS) is 10.6. The summed E-state index contributed by atoms with van der Waals surface area (Å²) < 4.78 is 11.1. The summed E-state index contributed by atoms with van der Waals surface area (Å²) in [5.74, 6) is 1.76. The molecule has 0 atom stereocenters. The van der Waals surface area contributed by atoms with Crippen LogP contribution in [0.3, 0.4) is 0 Å². The molecule has 0 aliphatic rings. The van der Waals surface area contributed by atoms with Gasteiger partial charge in [0, 0.05) is 17.7 Å². The van der Waals surface area contributed by atoms with Crippen molar-refractivity contribution in [1.29, 1.82) is 0 Å². The van der Waals surface area contributed by atoms with E-state index in [1.54, 1.807) is 19.4 Å². The molecule has 0 saturated heterocycles. The van der Waals surface area contributed by atoms with Crippen LogP contribution in [0.15, 0.2) is 89.5 Å². The van der Waals surface area contributed by atoms with Crippen LogP contribution in [0.4, 0.5) is 0 Å². The van der Waals surface area contributed by atoms with Crippen molar-refractivity contribution < 1.29 is 13.9 Å². The van der Waals surface area contributed by atoms with Gasteiger partial charge in [0.05, 0.1) is 18.9 Å². The molecule has 5 nitrogen and oxygen atoms in total. The first-order valence-corrected chi connectivity index (χ1v) is 9.76. The van der Waals surface area contributed by atoms with Gasteiger partial charge in [0.2, 0.25) is 5.89 Å². The number of ether oxygens (including phenoxy) is 1. The van der Waals surface area contributed by atoms with Crippen molar-refractivity contribution in [2.45, 2.75) is 6.42 Å². The van der Waals surface area contributed by atoms with E-state index in [4.69, 9.17) is 9.15 Å². The maximum atomic E-state index is 12.8. The van der Waals surface area contributed by atoms with E-state index in [1.807, 2.05) is 72.8 Å². The summed E-state index contributed by atoms with van der Waals surface area (Å²) in [6.45, 7) is 0.528. The average Bonchev–Trinajstić information content (AvgIpc) is 3.30. The highest BCUT2D eigenvalue weighted by molar-refractivity contribution is 6.00. The number of carbonyl (C=O) groups is 1. The Hall–Kier alpha value is -3.86. The first-order valence-electron chi connectivity index (χ1n) is 9.76. The van der Waals surface area contributed by atoms with Crippen LogP contribution in [0, 0.1) is 0 Å². The molecule has 5 heteroatoms. The first-order chi connectivity index (χ1) is 14.7. The van der Waals surface area contributed by atoms with Crippen LogP contribution in [-0.2, 0) is 6.42 Å². The Bertz CT molecular complexity index is 1120. The Labute approximate surface area is 175 Å². The number of nitrogens with zero attached hydrogens (tertiary/aromatic N) is 1. The van der Waals surface area contributed by atoms with Crippen LogP contribution in [0.1, 0.15) is 15.9 Å². The van der Waals surface area contributed by atoms with Crippen molar-refractivity contribution in [3.63, 3.8) is 0 Å². The third-order valence-corrected chi connectivity index (χ3v) is 4.82. The van der Waals surface area contributed by atoms with Gasteiger partial charge in [0.1, 0.15) is 5.75 Å². The van der Waals surface area contributed by atoms with Crippen LogP contribution in [-0.4, -0.2) is 24.5 Å². The summed E-state index contributed by atoms with van der Waals surface area (Å²) >= 11 is 0. The molecular weight excluding hydrogens is 376 g/mol.